The van der Waals surface area contributed by atoms with Gasteiger partial charge in [-0.15, -0.1) is 0 Å². The minimum Gasteiger partial charge on any atom is -0.314 e. The molecule has 4 atom stereocenters. The van der Waals surface area contributed by atoms with E-state index in [1.165, 1.54) is 77.3 Å². The van der Waals surface area contributed by atoms with Gasteiger partial charge >= 0.3 is 0 Å². The number of hydrogen-bond acceptors (Lipinski definition) is 2. The summed E-state index contributed by atoms with van der Waals surface area (Å²) in [6, 6.07) is 2.59. The molecule has 2 heteroatoms. The fourth-order valence-corrected chi connectivity index (χ4v) is 5.23. The molecule has 2 saturated heterocycles. The summed E-state index contributed by atoms with van der Waals surface area (Å²) in [5.74, 6) is 1.96. The average molecular weight is 293 g/mol. The minimum absolute atomic E-state index is 0.806. The first-order valence-corrected chi connectivity index (χ1v) is 9.77. The van der Waals surface area contributed by atoms with Crippen LogP contribution in [-0.4, -0.2) is 36.1 Å². The van der Waals surface area contributed by atoms with Crippen molar-refractivity contribution in [2.45, 2.75) is 96.2 Å². The third-order valence-corrected chi connectivity index (χ3v) is 6.54. The highest BCUT2D eigenvalue weighted by Crippen LogP contribution is 2.38. The third kappa shape index (κ3) is 3.82. The van der Waals surface area contributed by atoms with E-state index in [-0.39, 0.29) is 0 Å². The van der Waals surface area contributed by atoms with Crippen LogP contribution >= 0.6 is 0 Å². The Labute approximate surface area is 132 Å². The van der Waals surface area contributed by atoms with E-state index in [0.717, 1.165) is 30.0 Å². The van der Waals surface area contributed by atoms with Crippen LogP contribution in [0.15, 0.2) is 0 Å². The maximum absolute atomic E-state index is 3.81. The van der Waals surface area contributed by atoms with Gasteiger partial charge in [-0.3, -0.25) is 4.90 Å². The molecule has 0 amide bonds. The molecule has 0 spiro atoms. The van der Waals surface area contributed by atoms with Crippen molar-refractivity contribution in [3.8, 4) is 0 Å². The molecule has 3 aliphatic rings. The molecule has 2 aliphatic heterocycles. The Morgan fingerprint density at radius 3 is 2.33 bits per heavy atom. The minimum atomic E-state index is 0.806. The largest absolute Gasteiger partial charge is 0.314 e. The molecule has 1 N–H and O–H groups in total. The predicted molar refractivity (Wildman–Crippen MR) is 90.6 cm³/mol. The molecule has 1 aliphatic carbocycles. The van der Waals surface area contributed by atoms with E-state index >= 15 is 0 Å². The van der Waals surface area contributed by atoms with E-state index in [4.69, 9.17) is 0 Å². The molecular weight excluding hydrogens is 256 g/mol. The molecule has 2 nitrogen and oxygen atoms in total. The van der Waals surface area contributed by atoms with E-state index in [0.29, 0.717) is 0 Å². The summed E-state index contributed by atoms with van der Waals surface area (Å²) >= 11 is 0. The van der Waals surface area contributed by atoms with Crippen molar-refractivity contribution in [2.24, 2.45) is 11.8 Å². The molecule has 2 bridgehead atoms. The van der Waals surface area contributed by atoms with Gasteiger partial charge in [0.25, 0.3) is 0 Å². The lowest BCUT2D eigenvalue weighted by atomic mass is 9.77. The smallest absolute Gasteiger partial charge is 0.0113 e. The van der Waals surface area contributed by atoms with E-state index in [1.54, 1.807) is 0 Å². The van der Waals surface area contributed by atoms with Crippen molar-refractivity contribution in [1.29, 1.82) is 0 Å². The monoisotopic (exact) mass is 292 g/mol. The molecule has 0 aromatic heterocycles. The number of nitrogens with one attached hydrogen (secondary N) is 1. The molecule has 0 radical (unpaired) electrons. The SMILES string of the molecule is CCCNC1CC2CCCC(C1)N2CC1CCCCC1C. The van der Waals surface area contributed by atoms with Gasteiger partial charge in [-0.05, 0) is 56.9 Å². The number of hydrogen-bond donors (Lipinski definition) is 1. The van der Waals surface area contributed by atoms with E-state index in [1.807, 2.05) is 0 Å². The van der Waals surface area contributed by atoms with Gasteiger partial charge in [0.05, 0.1) is 0 Å². The summed E-state index contributed by atoms with van der Waals surface area (Å²) in [6.45, 7) is 7.42. The second kappa shape index (κ2) is 7.46. The van der Waals surface area contributed by atoms with Crippen LogP contribution in [0.4, 0.5) is 0 Å². The third-order valence-electron chi connectivity index (χ3n) is 6.54. The molecule has 3 rings (SSSR count). The maximum atomic E-state index is 3.81. The van der Waals surface area contributed by atoms with Gasteiger partial charge in [-0.25, -0.2) is 0 Å². The molecule has 4 unspecified atom stereocenters. The van der Waals surface area contributed by atoms with Crippen LogP contribution in [0, 0.1) is 11.8 Å². The molecular formula is C19H36N2. The van der Waals surface area contributed by atoms with Crippen molar-refractivity contribution in [3.63, 3.8) is 0 Å². The zero-order valence-corrected chi connectivity index (χ0v) is 14.3. The van der Waals surface area contributed by atoms with Crippen molar-refractivity contribution in [1.82, 2.24) is 10.2 Å². The predicted octanol–water partition coefficient (Wildman–Crippen LogP) is 4.20. The molecule has 3 fully saturated rings. The van der Waals surface area contributed by atoms with E-state index in [2.05, 4.69) is 24.1 Å². The summed E-state index contributed by atoms with van der Waals surface area (Å²) in [4.78, 5) is 2.96. The fraction of sp³-hybridized carbons (Fsp3) is 1.00. The van der Waals surface area contributed by atoms with Gasteiger partial charge in [0, 0.05) is 24.7 Å². The summed E-state index contributed by atoms with van der Waals surface area (Å²) in [7, 11) is 0. The lowest BCUT2D eigenvalue weighted by Crippen LogP contribution is -2.57. The average Bonchev–Trinajstić information content (AvgIpc) is 2.47. The van der Waals surface area contributed by atoms with Crippen LogP contribution < -0.4 is 5.32 Å². The van der Waals surface area contributed by atoms with Crippen LogP contribution in [0.2, 0.25) is 0 Å². The molecule has 2 heterocycles. The van der Waals surface area contributed by atoms with Gasteiger partial charge in [-0.2, -0.15) is 0 Å². The first kappa shape index (κ1) is 15.8. The van der Waals surface area contributed by atoms with Gasteiger partial charge in [0.15, 0.2) is 0 Å². The van der Waals surface area contributed by atoms with Gasteiger partial charge in [0.2, 0.25) is 0 Å². The zero-order valence-electron chi connectivity index (χ0n) is 14.3. The highest BCUT2D eigenvalue weighted by molar-refractivity contribution is 4.96. The number of fused-ring (bicyclic) bond motifs is 2. The number of nitrogens with zero attached hydrogens (tertiary/aromatic N) is 1. The lowest BCUT2D eigenvalue weighted by molar-refractivity contribution is 0.000538. The lowest BCUT2D eigenvalue weighted by Gasteiger charge is -2.51. The number of piperidine rings is 2. The quantitative estimate of drug-likeness (QED) is 0.817. The van der Waals surface area contributed by atoms with E-state index < -0.39 is 0 Å². The maximum Gasteiger partial charge on any atom is 0.0113 e. The van der Waals surface area contributed by atoms with Crippen molar-refractivity contribution >= 4 is 0 Å². The Morgan fingerprint density at radius 2 is 1.67 bits per heavy atom. The number of rotatable bonds is 5. The summed E-state index contributed by atoms with van der Waals surface area (Å²) in [6.07, 6.45) is 14.4. The first-order valence-electron chi connectivity index (χ1n) is 9.77. The van der Waals surface area contributed by atoms with Gasteiger partial charge < -0.3 is 5.32 Å². The Hall–Kier alpha value is -0.0800. The normalized spacial score (nSPS) is 41.1. The topological polar surface area (TPSA) is 15.3 Å². The first-order chi connectivity index (χ1) is 10.3. The van der Waals surface area contributed by atoms with Crippen molar-refractivity contribution in [3.05, 3.63) is 0 Å². The van der Waals surface area contributed by atoms with E-state index in [9.17, 15) is 0 Å². The molecule has 0 aromatic carbocycles. The Balaban J connectivity index is 1.58. The highest BCUT2D eigenvalue weighted by Gasteiger charge is 2.39. The highest BCUT2D eigenvalue weighted by atomic mass is 15.2. The second-order valence-corrected chi connectivity index (χ2v) is 8.08. The van der Waals surface area contributed by atoms with Gasteiger partial charge in [0.1, 0.15) is 0 Å². The van der Waals surface area contributed by atoms with Crippen LogP contribution in [-0.2, 0) is 0 Å². The van der Waals surface area contributed by atoms with Crippen LogP contribution in [0.5, 0.6) is 0 Å². The van der Waals surface area contributed by atoms with Crippen molar-refractivity contribution in [2.75, 3.05) is 13.1 Å². The summed E-state index contributed by atoms with van der Waals surface area (Å²) in [5.41, 5.74) is 0. The van der Waals surface area contributed by atoms with Crippen LogP contribution in [0.3, 0.4) is 0 Å². The molecule has 122 valence electrons. The molecule has 0 aromatic rings. The summed E-state index contributed by atoms with van der Waals surface area (Å²) < 4.78 is 0. The second-order valence-electron chi connectivity index (χ2n) is 8.08. The Kier molecular flexibility index (Phi) is 5.61. The molecule has 1 saturated carbocycles. The summed E-state index contributed by atoms with van der Waals surface area (Å²) in [5, 5.41) is 3.81. The Morgan fingerprint density at radius 1 is 0.952 bits per heavy atom. The molecule has 21 heavy (non-hydrogen) atoms. The fourth-order valence-electron chi connectivity index (χ4n) is 5.23. The van der Waals surface area contributed by atoms with Gasteiger partial charge in [-0.1, -0.05) is 39.5 Å². The zero-order chi connectivity index (χ0) is 14.7. The Bertz CT molecular complexity index is 303. The standard InChI is InChI=1S/C19H36N2/c1-3-11-20-17-12-18-9-6-10-19(13-17)21(18)14-16-8-5-4-7-15(16)2/h15-20H,3-14H2,1-2H3. The van der Waals surface area contributed by atoms with Crippen molar-refractivity contribution < 1.29 is 0 Å². The van der Waals surface area contributed by atoms with Crippen LogP contribution in [0.1, 0.15) is 78.1 Å². The van der Waals surface area contributed by atoms with Crippen LogP contribution in [0.25, 0.3) is 0 Å².